The molecule has 4 aliphatic rings. The lowest BCUT2D eigenvalue weighted by Crippen LogP contribution is -2.52. The normalized spacial score (nSPS) is 28.5. The molecule has 1 aliphatic carbocycles. The van der Waals surface area contributed by atoms with E-state index < -0.39 is 0 Å². The van der Waals surface area contributed by atoms with Gasteiger partial charge in [-0.1, -0.05) is 11.3 Å². The summed E-state index contributed by atoms with van der Waals surface area (Å²) in [6, 6.07) is 4.98. The highest BCUT2D eigenvalue weighted by atomic mass is 32.1. The van der Waals surface area contributed by atoms with E-state index in [0.717, 1.165) is 46.6 Å². The van der Waals surface area contributed by atoms with Gasteiger partial charge in [-0.15, -0.1) is 0 Å². The maximum atomic E-state index is 12.7. The Morgan fingerprint density at radius 3 is 3.04 bits per heavy atom. The Hall–Kier alpha value is -2.06. The van der Waals surface area contributed by atoms with E-state index in [1.54, 1.807) is 11.3 Å². The van der Waals surface area contributed by atoms with E-state index in [9.17, 15) is 4.79 Å². The molecule has 0 radical (unpaired) electrons. The van der Waals surface area contributed by atoms with Gasteiger partial charge >= 0.3 is 6.03 Å². The van der Waals surface area contributed by atoms with Crippen molar-refractivity contribution in [3.8, 4) is 11.5 Å². The van der Waals surface area contributed by atoms with Crippen LogP contribution in [-0.4, -0.2) is 53.9 Å². The molecule has 7 nitrogen and oxygen atoms in total. The van der Waals surface area contributed by atoms with Crippen molar-refractivity contribution in [1.82, 2.24) is 15.2 Å². The molecule has 0 spiro atoms. The van der Waals surface area contributed by atoms with Gasteiger partial charge in [0.1, 0.15) is 5.52 Å². The minimum atomic E-state index is -0.0273. The summed E-state index contributed by atoms with van der Waals surface area (Å²) < 4.78 is 12.0. The summed E-state index contributed by atoms with van der Waals surface area (Å²) in [5, 5.41) is 3.90. The smallest absolute Gasteiger partial charge is 0.324 e. The van der Waals surface area contributed by atoms with E-state index in [-0.39, 0.29) is 24.9 Å². The van der Waals surface area contributed by atoms with E-state index in [1.165, 1.54) is 12.8 Å². The van der Waals surface area contributed by atoms with Gasteiger partial charge in [-0.05, 0) is 31.4 Å². The zero-order valence-electron chi connectivity index (χ0n) is 13.6. The van der Waals surface area contributed by atoms with Gasteiger partial charge < -0.3 is 14.8 Å². The average molecular weight is 358 g/mol. The number of benzene rings is 1. The molecular formula is C17H18N4O3S. The van der Waals surface area contributed by atoms with E-state index in [4.69, 9.17) is 14.5 Å². The van der Waals surface area contributed by atoms with Crippen LogP contribution >= 0.6 is 11.3 Å². The van der Waals surface area contributed by atoms with E-state index in [1.807, 2.05) is 17.0 Å². The molecule has 2 saturated heterocycles. The van der Waals surface area contributed by atoms with Gasteiger partial charge in [-0.2, -0.15) is 0 Å². The number of aromatic nitrogens is 1. The predicted octanol–water partition coefficient (Wildman–Crippen LogP) is 2.16. The second-order valence-corrected chi connectivity index (χ2v) is 8.16. The number of urea groups is 1. The van der Waals surface area contributed by atoms with Crippen LogP contribution in [0.5, 0.6) is 11.5 Å². The highest BCUT2D eigenvalue weighted by molar-refractivity contribution is 7.22. The SMILES string of the molecule is O=C1N[C@H]2CCN(C3CC3)C[C@H]2N1c1nc2c3c(ccc2s1)OCO3. The molecule has 1 saturated carbocycles. The maximum absolute atomic E-state index is 12.7. The molecule has 130 valence electrons. The van der Waals surface area contributed by atoms with Gasteiger partial charge in [0.2, 0.25) is 6.79 Å². The van der Waals surface area contributed by atoms with Crippen LogP contribution in [0.3, 0.4) is 0 Å². The first-order valence-electron chi connectivity index (χ1n) is 8.81. The van der Waals surface area contributed by atoms with Crippen molar-refractivity contribution in [3.63, 3.8) is 0 Å². The number of anilines is 1. The van der Waals surface area contributed by atoms with Crippen LogP contribution in [0.2, 0.25) is 0 Å². The van der Waals surface area contributed by atoms with Crippen LogP contribution in [0, 0.1) is 0 Å². The van der Waals surface area contributed by atoms with Gasteiger partial charge in [-0.25, -0.2) is 9.78 Å². The Labute approximate surface area is 148 Å². The Kier molecular flexibility index (Phi) is 2.82. The van der Waals surface area contributed by atoms with E-state index in [0.29, 0.717) is 5.75 Å². The molecule has 2 atom stereocenters. The number of carbonyl (C=O) groups excluding carboxylic acids is 1. The Morgan fingerprint density at radius 1 is 1.24 bits per heavy atom. The number of rotatable bonds is 2. The van der Waals surface area contributed by atoms with Crippen molar-refractivity contribution in [2.45, 2.75) is 37.4 Å². The minimum Gasteiger partial charge on any atom is -0.454 e. The number of nitrogens with one attached hydrogen (secondary N) is 1. The third-order valence-electron chi connectivity index (χ3n) is 5.63. The van der Waals surface area contributed by atoms with E-state index >= 15 is 0 Å². The van der Waals surface area contributed by atoms with Crippen LogP contribution in [0.1, 0.15) is 19.3 Å². The van der Waals surface area contributed by atoms with Gasteiger partial charge in [0.05, 0.1) is 16.8 Å². The zero-order chi connectivity index (χ0) is 16.5. The van der Waals surface area contributed by atoms with Crippen molar-refractivity contribution >= 4 is 32.7 Å². The summed E-state index contributed by atoms with van der Waals surface area (Å²) in [5.74, 6) is 1.42. The molecule has 3 aliphatic heterocycles. The molecule has 8 heteroatoms. The number of hydrogen-bond acceptors (Lipinski definition) is 6. The molecule has 1 aromatic carbocycles. The number of ether oxygens (including phenoxy) is 2. The van der Waals surface area contributed by atoms with Crippen LogP contribution in [0.25, 0.3) is 10.2 Å². The molecule has 2 aromatic rings. The van der Waals surface area contributed by atoms with Crippen LogP contribution in [0.15, 0.2) is 12.1 Å². The standard InChI is InChI=1S/C17H18N4O3S/c22-16-18-10-5-6-20(9-1-2-9)7-11(10)21(16)17-19-14-13(25-17)4-3-12-15(14)24-8-23-12/h3-4,9-11H,1-2,5-8H2,(H,18,22)/t10-,11+/m0/s1. The minimum absolute atomic E-state index is 0.0273. The van der Waals surface area contributed by atoms with Crippen molar-refractivity contribution in [2.75, 3.05) is 24.8 Å². The average Bonchev–Trinajstić information content (AvgIpc) is 3.05. The van der Waals surface area contributed by atoms with Crippen LogP contribution < -0.4 is 19.7 Å². The molecule has 1 aromatic heterocycles. The first kappa shape index (κ1) is 14.1. The molecule has 0 unspecified atom stereocenters. The maximum Gasteiger partial charge on any atom is 0.324 e. The predicted molar refractivity (Wildman–Crippen MR) is 93.5 cm³/mol. The summed E-state index contributed by atoms with van der Waals surface area (Å²) in [4.78, 5) is 21.8. The third-order valence-corrected chi connectivity index (χ3v) is 6.65. The van der Waals surface area contributed by atoms with Crippen molar-refractivity contribution in [1.29, 1.82) is 0 Å². The topological polar surface area (TPSA) is 66.9 Å². The Balaban J connectivity index is 1.39. The number of thiazole rings is 1. The third kappa shape index (κ3) is 2.07. The lowest BCUT2D eigenvalue weighted by Gasteiger charge is -2.36. The molecule has 3 fully saturated rings. The Bertz CT molecular complexity index is 880. The summed E-state index contributed by atoms with van der Waals surface area (Å²) in [5.41, 5.74) is 0.793. The highest BCUT2D eigenvalue weighted by Crippen LogP contribution is 2.44. The van der Waals surface area contributed by atoms with Crippen molar-refractivity contribution in [3.05, 3.63) is 12.1 Å². The van der Waals surface area contributed by atoms with Crippen molar-refractivity contribution in [2.24, 2.45) is 0 Å². The summed E-state index contributed by atoms with van der Waals surface area (Å²) in [6.45, 7) is 2.24. The quantitative estimate of drug-likeness (QED) is 0.891. The first-order chi connectivity index (χ1) is 12.3. The van der Waals surface area contributed by atoms with Gasteiger partial charge in [0.25, 0.3) is 0 Å². The summed E-state index contributed by atoms with van der Waals surface area (Å²) in [6.07, 6.45) is 3.60. The lowest BCUT2D eigenvalue weighted by atomic mass is 10.0. The molecule has 6 rings (SSSR count). The largest absolute Gasteiger partial charge is 0.454 e. The number of piperidine rings is 1. The van der Waals surface area contributed by atoms with Gasteiger partial charge in [0.15, 0.2) is 16.6 Å². The highest BCUT2D eigenvalue weighted by Gasteiger charge is 2.47. The number of nitrogens with zero attached hydrogens (tertiary/aromatic N) is 3. The van der Waals surface area contributed by atoms with Crippen LogP contribution in [0.4, 0.5) is 9.93 Å². The monoisotopic (exact) mass is 358 g/mol. The number of amides is 2. The van der Waals surface area contributed by atoms with Gasteiger partial charge in [0, 0.05) is 19.1 Å². The number of fused-ring (bicyclic) bond motifs is 4. The van der Waals surface area contributed by atoms with E-state index in [2.05, 4.69) is 10.2 Å². The summed E-state index contributed by atoms with van der Waals surface area (Å²) >= 11 is 1.55. The fourth-order valence-corrected chi connectivity index (χ4v) is 5.23. The van der Waals surface area contributed by atoms with Crippen molar-refractivity contribution < 1.29 is 14.3 Å². The second kappa shape index (κ2) is 4.98. The molecule has 1 N–H and O–H groups in total. The zero-order valence-corrected chi connectivity index (χ0v) is 14.4. The van der Waals surface area contributed by atoms with Crippen LogP contribution in [-0.2, 0) is 0 Å². The second-order valence-electron chi connectivity index (χ2n) is 7.15. The van der Waals surface area contributed by atoms with Gasteiger partial charge in [-0.3, -0.25) is 9.80 Å². The molecular weight excluding hydrogens is 340 g/mol. The lowest BCUT2D eigenvalue weighted by molar-refractivity contribution is 0.174. The summed E-state index contributed by atoms with van der Waals surface area (Å²) in [7, 11) is 0. The number of carbonyl (C=O) groups is 1. The molecule has 4 heterocycles. The molecule has 0 bridgehead atoms. The first-order valence-corrected chi connectivity index (χ1v) is 9.62. The molecule has 25 heavy (non-hydrogen) atoms. The fourth-order valence-electron chi connectivity index (χ4n) is 4.21. The number of hydrogen-bond donors (Lipinski definition) is 1. The number of likely N-dealkylation sites (tertiary alicyclic amines) is 1. The Morgan fingerprint density at radius 2 is 2.16 bits per heavy atom. The fraction of sp³-hybridized carbons (Fsp3) is 0.529. The molecule has 2 amide bonds.